The Hall–Kier alpha value is 0.430. The van der Waals surface area contributed by atoms with E-state index in [0.29, 0.717) is 0 Å². The van der Waals surface area contributed by atoms with Crippen molar-refractivity contribution in [2.24, 2.45) is 0 Å². The zero-order valence-corrected chi connectivity index (χ0v) is 11.9. The first-order chi connectivity index (χ1) is 5.29. The normalized spacial score (nSPS) is 8.62. The van der Waals surface area contributed by atoms with Gasteiger partial charge in [0.05, 0.1) is 0 Å². The molecule has 1 rings (SSSR count). The number of hydrogen-bond donors (Lipinski definition) is 1. The molecule has 1 aromatic carbocycles. The van der Waals surface area contributed by atoms with Crippen molar-refractivity contribution >= 4 is 12.0 Å². The SMILES string of the molecule is O=C(O)C=Cc1ccccc1.[H-].[H-].[Na+].[Na+]. The predicted octanol–water partition coefficient (Wildman–Crippen LogP) is -3.98. The van der Waals surface area contributed by atoms with E-state index in [9.17, 15) is 4.79 Å². The number of carboxylic acid groups (broad SMARTS) is 1. The minimum atomic E-state index is -0.922. The van der Waals surface area contributed by atoms with E-state index in [2.05, 4.69) is 0 Å². The van der Waals surface area contributed by atoms with Gasteiger partial charge in [-0.05, 0) is 11.6 Å². The Balaban J connectivity index is -0.000000151. The molecule has 0 aliphatic rings. The first kappa shape index (κ1) is 15.9. The summed E-state index contributed by atoms with van der Waals surface area (Å²) in [4.78, 5) is 10.1. The molecule has 0 bridgehead atoms. The van der Waals surface area contributed by atoms with Gasteiger partial charge >= 0.3 is 65.1 Å². The van der Waals surface area contributed by atoms with Gasteiger partial charge in [-0.3, -0.25) is 0 Å². The second-order valence-corrected chi connectivity index (χ2v) is 2.08. The monoisotopic (exact) mass is 196 g/mol. The fraction of sp³-hybridized carbons (Fsp3) is 0. The van der Waals surface area contributed by atoms with E-state index in [1.165, 1.54) is 0 Å². The summed E-state index contributed by atoms with van der Waals surface area (Å²) in [5.74, 6) is -0.922. The fourth-order valence-corrected chi connectivity index (χ4v) is 0.732. The van der Waals surface area contributed by atoms with Crippen LogP contribution in [0.2, 0.25) is 0 Å². The third-order valence-corrected chi connectivity index (χ3v) is 1.22. The van der Waals surface area contributed by atoms with E-state index < -0.39 is 5.97 Å². The van der Waals surface area contributed by atoms with Crippen LogP contribution in [0.5, 0.6) is 0 Å². The molecule has 60 valence electrons. The molecule has 0 saturated heterocycles. The Kier molecular flexibility index (Phi) is 11.0. The number of hydrogen-bond acceptors (Lipinski definition) is 1. The van der Waals surface area contributed by atoms with Crippen molar-refractivity contribution in [3.8, 4) is 0 Å². The van der Waals surface area contributed by atoms with E-state index in [-0.39, 0.29) is 62.0 Å². The maximum Gasteiger partial charge on any atom is 1.00 e. The average molecular weight is 196 g/mol. The summed E-state index contributed by atoms with van der Waals surface area (Å²) in [5.41, 5.74) is 0.898. The summed E-state index contributed by atoms with van der Waals surface area (Å²) in [6.45, 7) is 0. The van der Waals surface area contributed by atoms with Gasteiger partial charge in [-0.1, -0.05) is 30.3 Å². The average Bonchev–Trinajstić information content (AvgIpc) is 2.03. The first-order valence-corrected chi connectivity index (χ1v) is 3.25. The van der Waals surface area contributed by atoms with Crippen LogP contribution >= 0.6 is 0 Å². The van der Waals surface area contributed by atoms with Gasteiger partial charge in [-0.25, -0.2) is 4.79 Å². The van der Waals surface area contributed by atoms with Gasteiger partial charge in [0, 0.05) is 6.08 Å². The van der Waals surface area contributed by atoms with Crippen molar-refractivity contribution in [2.75, 3.05) is 0 Å². The minimum Gasteiger partial charge on any atom is -1.00 e. The molecule has 0 amide bonds. The van der Waals surface area contributed by atoms with Gasteiger partial charge in [0.25, 0.3) is 0 Å². The molecule has 0 radical (unpaired) electrons. The molecule has 0 atom stereocenters. The zero-order valence-electron chi connectivity index (χ0n) is 9.90. The molecular weight excluding hydrogens is 186 g/mol. The van der Waals surface area contributed by atoms with E-state index in [1.54, 1.807) is 6.08 Å². The third-order valence-electron chi connectivity index (χ3n) is 1.22. The molecule has 13 heavy (non-hydrogen) atoms. The van der Waals surface area contributed by atoms with Crippen molar-refractivity contribution in [1.29, 1.82) is 0 Å². The van der Waals surface area contributed by atoms with Crippen molar-refractivity contribution in [1.82, 2.24) is 0 Å². The van der Waals surface area contributed by atoms with Crippen LogP contribution in [0.3, 0.4) is 0 Å². The van der Waals surface area contributed by atoms with Crippen LogP contribution in [-0.4, -0.2) is 11.1 Å². The number of aliphatic carboxylic acids is 1. The van der Waals surface area contributed by atoms with Crippen molar-refractivity contribution in [3.63, 3.8) is 0 Å². The molecule has 2 nitrogen and oxygen atoms in total. The van der Waals surface area contributed by atoms with E-state index in [4.69, 9.17) is 5.11 Å². The number of benzene rings is 1. The van der Waals surface area contributed by atoms with E-state index >= 15 is 0 Å². The smallest absolute Gasteiger partial charge is 1.00 e. The second kappa shape index (κ2) is 9.00. The summed E-state index contributed by atoms with van der Waals surface area (Å²) in [6, 6.07) is 9.31. The molecule has 0 saturated carbocycles. The van der Waals surface area contributed by atoms with Gasteiger partial charge in [0.15, 0.2) is 0 Å². The Morgan fingerprint density at radius 1 is 1.23 bits per heavy atom. The van der Waals surface area contributed by atoms with E-state index in [0.717, 1.165) is 11.6 Å². The van der Waals surface area contributed by atoms with Gasteiger partial charge in [0.2, 0.25) is 0 Å². The topological polar surface area (TPSA) is 37.3 Å². The molecule has 0 unspecified atom stereocenters. The summed E-state index contributed by atoms with van der Waals surface area (Å²) >= 11 is 0. The van der Waals surface area contributed by atoms with Crippen LogP contribution in [0, 0.1) is 0 Å². The minimum absolute atomic E-state index is 0. The Morgan fingerprint density at radius 3 is 2.23 bits per heavy atom. The molecule has 0 aliphatic carbocycles. The molecule has 0 aliphatic heterocycles. The molecule has 1 aromatic rings. The van der Waals surface area contributed by atoms with Crippen molar-refractivity contribution in [2.45, 2.75) is 0 Å². The standard InChI is InChI=1S/C9H8O2.2Na.2H/c10-9(11)7-6-8-4-2-1-3-5-8;;;;/h1-7H,(H,10,11);;;;/q;2*+1;2*-1. The summed E-state index contributed by atoms with van der Waals surface area (Å²) in [5, 5.41) is 8.29. The van der Waals surface area contributed by atoms with Crippen LogP contribution in [0.1, 0.15) is 8.42 Å². The molecule has 4 heteroatoms. The van der Waals surface area contributed by atoms with Gasteiger partial charge in [0.1, 0.15) is 0 Å². The number of carbonyl (C=O) groups is 1. The second-order valence-electron chi connectivity index (χ2n) is 2.08. The zero-order chi connectivity index (χ0) is 8.10. The Labute approximate surface area is 125 Å². The molecule has 0 heterocycles. The van der Waals surface area contributed by atoms with Crippen LogP contribution in [-0.2, 0) is 4.79 Å². The predicted molar refractivity (Wildman–Crippen MR) is 45.3 cm³/mol. The maximum atomic E-state index is 10.1. The third kappa shape index (κ3) is 7.50. The van der Waals surface area contributed by atoms with Gasteiger partial charge in [-0.15, -0.1) is 0 Å². The Morgan fingerprint density at radius 2 is 1.77 bits per heavy atom. The molecule has 1 N–H and O–H groups in total. The number of carboxylic acids is 1. The van der Waals surface area contributed by atoms with Crippen molar-refractivity contribution < 1.29 is 71.9 Å². The summed E-state index contributed by atoms with van der Waals surface area (Å²) in [6.07, 6.45) is 2.68. The Bertz CT molecular complexity index is 279. The van der Waals surface area contributed by atoms with Gasteiger partial charge in [-0.2, -0.15) is 0 Å². The first-order valence-electron chi connectivity index (χ1n) is 3.25. The molecule has 0 spiro atoms. The summed E-state index contributed by atoms with van der Waals surface area (Å²) in [7, 11) is 0. The van der Waals surface area contributed by atoms with Gasteiger partial charge < -0.3 is 7.96 Å². The fourth-order valence-electron chi connectivity index (χ4n) is 0.732. The largest absolute Gasteiger partial charge is 1.00 e. The summed E-state index contributed by atoms with van der Waals surface area (Å²) < 4.78 is 0. The maximum absolute atomic E-state index is 10.1. The number of rotatable bonds is 2. The van der Waals surface area contributed by atoms with Crippen LogP contribution in [0.25, 0.3) is 6.08 Å². The van der Waals surface area contributed by atoms with Crippen LogP contribution in [0.15, 0.2) is 36.4 Å². The van der Waals surface area contributed by atoms with Crippen LogP contribution in [0.4, 0.5) is 0 Å². The van der Waals surface area contributed by atoms with Crippen molar-refractivity contribution in [3.05, 3.63) is 42.0 Å². The van der Waals surface area contributed by atoms with E-state index in [1.807, 2.05) is 30.3 Å². The molecular formula is C9H10Na2O2. The molecule has 0 fully saturated rings. The quantitative estimate of drug-likeness (QED) is 0.387. The molecule has 0 aromatic heterocycles. The van der Waals surface area contributed by atoms with Crippen LogP contribution < -0.4 is 59.1 Å².